The van der Waals surface area contributed by atoms with Crippen LogP contribution in [-0.4, -0.2) is 14.7 Å². The first-order chi connectivity index (χ1) is 10.2. The second kappa shape index (κ2) is 5.54. The Bertz CT molecular complexity index is 802. The van der Waals surface area contributed by atoms with Crippen molar-refractivity contribution < 1.29 is 9.52 Å². The minimum absolute atomic E-state index is 0.119. The molecule has 1 N–H and O–H groups in total. The van der Waals surface area contributed by atoms with E-state index >= 15 is 0 Å². The van der Waals surface area contributed by atoms with E-state index in [1.807, 2.05) is 24.3 Å². The van der Waals surface area contributed by atoms with Crippen LogP contribution in [-0.2, 0) is 13.0 Å². The molecule has 3 aromatic rings. The average Bonchev–Trinajstić information content (AvgIpc) is 2.83. The number of aromatic nitrogens is 2. The number of aliphatic hydroxyl groups excluding tert-OH is 1. The van der Waals surface area contributed by atoms with Gasteiger partial charge in [0.1, 0.15) is 0 Å². The molecule has 1 unspecified atom stereocenters. The van der Waals surface area contributed by atoms with Crippen LogP contribution in [0.3, 0.4) is 0 Å². The maximum Gasteiger partial charge on any atom is 0.421 e. The largest absolute Gasteiger partial charge is 0.421 e. The third-order valence-corrected chi connectivity index (χ3v) is 3.55. The highest BCUT2D eigenvalue weighted by molar-refractivity contribution is 5.67. The first-order valence-corrected chi connectivity index (χ1v) is 6.90. The Morgan fingerprint density at radius 1 is 1.29 bits per heavy atom. The van der Waals surface area contributed by atoms with Crippen molar-refractivity contribution >= 4 is 11.2 Å². The number of aliphatic hydroxyl groups is 1. The van der Waals surface area contributed by atoms with E-state index in [2.05, 4.69) is 11.9 Å². The fourth-order valence-corrected chi connectivity index (χ4v) is 2.32. The number of hydrogen-bond donors (Lipinski definition) is 1. The van der Waals surface area contributed by atoms with E-state index in [4.69, 9.17) is 4.42 Å². The lowest BCUT2D eigenvalue weighted by Gasteiger charge is -2.11. The maximum absolute atomic E-state index is 11.9. The van der Waals surface area contributed by atoms with Gasteiger partial charge in [0.25, 0.3) is 0 Å². The molecule has 2 heterocycles. The van der Waals surface area contributed by atoms with Crippen molar-refractivity contribution in [3.05, 3.63) is 64.3 Å². The van der Waals surface area contributed by atoms with Crippen molar-refractivity contribution in [2.24, 2.45) is 0 Å². The lowest BCUT2D eigenvalue weighted by Crippen LogP contribution is -2.19. The molecule has 21 heavy (non-hydrogen) atoms. The fourth-order valence-electron chi connectivity index (χ4n) is 2.32. The minimum atomic E-state index is -0.781. The molecule has 0 saturated carbocycles. The highest BCUT2D eigenvalue weighted by Crippen LogP contribution is 2.18. The van der Waals surface area contributed by atoms with E-state index in [9.17, 15) is 9.90 Å². The predicted molar refractivity (Wildman–Crippen MR) is 79.0 cm³/mol. The van der Waals surface area contributed by atoms with Crippen LogP contribution in [0.4, 0.5) is 0 Å². The van der Waals surface area contributed by atoms with Gasteiger partial charge in [-0.2, -0.15) is 0 Å². The Balaban J connectivity index is 1.90. The molecule has 0 amide bonds. The molecule has 0 saturated heterocycles. The maximum atomic E-state index is 11.9. The van der Waals surface area contributed by atoms with Gasteiger partial charge in [0.05, 0.1) is 12.6 Å². The van der Waals surface area contributed by atoms with Crippen molar-refractivity contribution in [2.45, 2.75) is 26.0 Å². The van der Waals surface area contributed by atoms with E-state index < -0.39 is 11.9 Å². The van der Waals surface area contributed by atoms with E-state index in [1.54, 1.807) is 18.3 Å². The number of pyridine rings is 1. The summed E-state index contributed by atoms with van der Waals surface area (Å²) in [5.41, 5.74) is 2.85. The number of oxazole rings is 1. The third kappa shape index (κ3) is 2.60. The smallest absolute Gasteiger partial charge is 0.406 e. The Hall–Kier alpha value is -2.40. The second-order valence-corrected chi connectivity index (χ2v) is 4.91. The summed E-state index contributed by atoms with van der Waals surface area (Å²) in [4.78, 5) is 16.0. The zero-order chi connectivity index (χ0) is 14.8. The Labute approximate surface area is 121 Å². The zero-order valence-electron chi connectivity index (χ0n) is 11.7. The van der Waals surface area contributed by atoms with Crippen LogP contribution in [0.1, 0.15) is 24.2 Å². The molecule has 0 radical (unpaired) electrons. The molecular weight excluding hydrogens is 268 g/mol. The van der Waals surface area contributed by atoms with Gasteiger partial charge >= 0.3 is 5.76 Å². The lowest BCUT2D eigenvalue weighted by atomic mass is 10.1. The zero-order valence-corrected chi connectivity index (χ0v) is 11.7. The Morgan fingerprint density at radius 2 is 2.05 bits per heavy atom. The minimum Gasteiger partial charge on any atom is -0.406 e. The van der Waals surface area contributed by atoms with Gasteiger partial charge in [0.15, 0.2) is 11.2 Å². The Morgan fingerprint density at radius 3 is 2.76 bits per heavy atom. The first kappa shape index (κ1) is 13.6. The summed E-state index contributed by atoms with van der Waals surface area (Å²) >= 11 is 0. The summed E-state index contributed by atoms with van der Waals surface area (Å²) in [7, 11) is 0. The molecule has 0 spiro atoms. The second-order valence-electron chi connectivity index (χ2n) is 4.91. The summed E-state index contributed by atoms with van der Waals surface area (Å²) in [5, 5.41) is 10.3. The van der Waals surface area contributed by atoms with E-state index in [-0.39, 0.29) is 6.54 Å². The van der Waals surface area contributed by atoms with Crippen LogP contribution in [0.25, 0.3) is 11.2 Å². The third-order valence-electron chi connectivity index (χ3n) is 3.55. The van der Waals surface area contributed by atoms with Gasteiger partial charge in [-0.15, -0.1) is 0 Å². The molecule has 0 aliphatic carbocycles. The van der Waals surface area contributed by atoms with Crippen LogP contribution in [0, 0.1) is 0 Å². The number of hydrogen-bond acceptors (Lipinski definition) is 4. The molecule has 108 valence electrons. The molecule has 2 aromatic heterocycles. The average molecular weight is 284 g/mol. The monoisotopic (exact) mass is 284 g/mol. The highest BCUT2D eigenvalue weighted by atomic mass is 16.4. The van der Waals surface area contributed by atoms with Crippen molar-refractivity contribution in [1.29, 1.82) is 0 Å². The summed E-state index contributed by atoms with van der Waals surface area (Å²) in [6.07, 6.45) is 1.76. The Kier molecular flexibility index (Phi) is 3.58. The van der Waals surface area contributed by atoms with Crippen molar-refractivity contribution in [3.8, 4) is 0 Å². The summed E-state index contributed by atoms with van der Waals surface area (Å²) in [6.45, 7) is 2.20. The van der Waals surface area contributed by atoms with Crippen LogP contribution in [0.5, 0.6) is 0 Å². The van der Waals surface area contributed by atoms with Crippen molar-refractivity contribution in [1.82, 2.24) is 9.55 Å². The molecule has 0 bridgehead atoms. The van der Waals surface area contributed by atoms with E-state index in [0.29, 0.717) is 11.2 Å². The molecule has 0 aliphatic heterocycles. The highest BCUT2D eigenvalue weighted by Gasteiger charge is 2.15. The van der Waals surface area contributed by atoms with Crippen LogP contribution < -0.4 is 5.76 Å². The number of nitrogens with zero attached hydrogens (tertiary/aromatic N) is 2. The van der Waals surface area contributed by atoms with Crippen molar-refractivity contribution in [3.63, 3.8) is 0 Å². The number of benzene rings is 1. The van der Waals surface area contributed by atoms with Gasteiger partial charge in [-0.05, 0) is 29.7 Å². The molecule has 0 aliphatic rings. The summed E-state index contributed by atoms with van der Waals surface area (Å²) < 4.78 is 6.46. The number of fused-ring (bicyclic) bond motifs is 1. The molecule has 1 atom stereocenters. The van der Waals surface area contributed by atoms with Gasteiger partial charge in [0.2, 0.25) is 0 Å². The molecule has 1 aromatic carbocycles. The molecular formula is C16H16N2O3. The standard InChI is InChI=1S/C16H16N2O3/c1-2-11-5-7-12(8-6-11)13(19)10-18-15-14(21-16(18)20)4-3-9-17-15/h3-9,13,19H,2,10H2,1H3. The molecule has 0 fully saturated rings. The van der Waals surface area contributed by atoms with Gasteiger partial charge in [-0.3, -0.25) is 4.57 Å². The molecule has 5 heteroatoms. The predicted octanol–water partition coefficient (Wildman–Crippen LogP) is 2.29. The first-order valence-electron chi connectivity index (χ1n) is 6.90. The fraction of sp³-hybridized carbons (Fsp3) is 0.250. The SMILES string of the molecule is CCc1ccc(C(O)Cn2c(=O)oc3cccnc32)cc1. The van der Waals surface area contributed by atoms with E-state index in [1.165, 1.54) is 10.1 Å². The van der Waals surface area contributed by atoms with Gasteiger partial charge in [-0.1, -0.05) is 31.2 Å². The lowest BCUT2D eigenvalue weighted by molar-refractivity contribution is 0.154. The summed E-state index contributed by atoms with van der Waals surface area (Å²) in [6, 6.07) is 11.1. The quantitative estimate of drug-likeness (QED) is 0.798. The normalized spacial score (nSPS) is 12.7. The molecule has 3 rings (SSSR count). The van der Waals surface area contributed by atoms with Gasteiger partial charge in [0, 0.05) is 6.20 Å². The molecule has 5 nitrogen and oxygen atoms in total. The number of aryl methyl sites for hydroxylation is 1. The van der Waals surface area contributed by atoms with Gasteiger partial charge in [-0.25, -0.2) is 9.78 Å². The topological polar surface area (TPSA) is 68.3 Å². The van der Waals surface area contributed by atoms with E-state index in [0.717, 1.165) is 12.0 Å². The summed E-state index contributed by atoms with van der Waals surface area (Å²) in [5.74, 6) is -0.507. The van der Waals surface area contributed by atoms with Crippen LogP contribution in [0.2, 0.25) is 0 Å². The van der Waals surface area contributed by atoms with Crippen LogP contribution in [0.15, 0.2) is 51.8 Å². The van der Waals surface area contributed by atoms with Crippen LogP contribution >= 0.6 is 0 Å². The number of rotatable bonds is 4. The van der Waals surface area contributed by atoms with Crippen molar-refractivity contribution in [2.75, 3.05) is 0 Å². The van der Waals surface area contributed by atoms with Gasteiger partial charge < -0.3 is 9.52 Å².